The number of hydrogen-bond donors (Lipinski definition) is 1. The predicted molar refractivity (Wildman–Crippen MR) is 90.4 cm³/mol. The van der Waals surface area contributed by atoms with Crippen LogP contribution in [0.3, 0.4) is 0 Å². The molecule has 1 fully saturated rings. The van der Waals surface area contributed by atoms with Gasteiger partial charge in [0.25, 0.3) is 0 Å². The van der Waals surface area contributed by atoms with Crippen molar-refractivity contribution in [3.63, 3.8) is 0 Å². The topological polar surface area (TPSA) is 33.7 Å². The SMILES string of the molecule is CCC1CCCCN1C(=S)Nc1cc(OC)cc(OC)c1. The van der Waals surface area contributed by atoms with Crippen molar-refractivity contribution in [1.29, 1.82) is 0 Å². The van der Waals surface area contributed by atoms with Crippen molar-refractivity contribution in [2.75, 3.05) is 26.1 Å². The van der Waals surface area contributed by atoms with Crippen molar-refractivity contribution in [2.24, 2.45) is 0 Å². The normalized spacial score (nSPS) is 18.2. The number of methoxy groups -OCH3 is 2. The zero-order valence-corrected chi connectivity index (χ0v) is 13.8. The van der Waals surface area contributed by atoms with E-state index in [4.69, 9.17) is 21.7 Å². The van der Waals surface area contributed by atoms with Crippen LogP contribution in [0.25, 0.3) is 0 Å². The van der Waals surface area contributed by atoms with Crippen LogP contribution in [0.1, 0.15) is 32.6 Å². The van der Waals surface area contributed by atoms with Gasteiger partial charge in [0.15, 0.2) is 5.11 Å². The second-order valence-corrected chi connectivity index (χ2v) is 5.67. The number of rotatable bonds is 4. The van der Waals surface area contributed by atoms with Crippen LogP contribution in [0, 0.1) is 0 Å². The van der Waals surface area contributed by atoms with Gasteiger partial charge in [-0.3, -0.25) is 0 Å². The molecule has 1 aliphatic heterocycles. The predicted octanol–water partition coefficient (Wildman–Crippen LogP) is 3.67. The number of nitrogens with one attached hydrogen (secondary N) is 1. The molecule has 1 saturated heterocycles. The van der Waals surface area contributed by atoms with Crippen molar-refractivity contribution >= 4 is 23.0 Å². The molecule has 0 aromatic heterocycles. The maximum Gasteiger partial charge on any atom is 0.173 e. The second kappa shape index (κ2) is 7.50. The summed E-state index contributed by atoms with van der Waals surface area (Å²) in [5, 5.41) is 4.11. The summed E-state index contributed by atoms with van der Waals surface area (Å²) in [4.78, 5) is 2.31. The molecule has 2 rings (SSSR count). The van der Waals surface area contributed by atoms with E-state index < -0.39 is 0 Å². The van der Waals surface area contributed by atoms with Crippen LogP contribution in [-0.4, -0.2) is 36.8 Å². The summed E-state index contributed by atoms with van der Waals surface area (Å²) in [5.41, 5.74) is 0.900. The van der Waals surface area contributed by atoms with Gasteiger partial charge in [-0.25, -0.2) is 0 Å². The van der Waals surface area contributed by atoms with Gasteiger partial charge < -0.3 is 19.7 Å². The van der Waals surface area contributed by atoms with Gasteiger partial charge in [0, 0.05) is 36.5 Å². The van der Waals surface area contributed by atoms with Crippen LogP contribution < -0.4 is 14.8 Å². The van der Waals surface area contributed by atoms with Gasteiger partial charge >= 0.3 is 0 Å². The van der Waals surface area contributed by atoms with Crippen molar-refractivity contribution in [2.45, 2.75) is 38.6 Å². The minimum Gasteiger partial charge on any atom is -0.497 e. The van der Waals surface area contributed by atoms with E-state index in [9.17, 15) is 0 Å². The van der Waals surface area contributed by atoms with Gasteiger partial charge in [-0.2, -0.15) is 0 Å². The number of likely N-dealkylation sites (tertiary alicyclic amines) is 1. The standard InChI is InChI=1S/C16H24N2O2S/c1-4-13-7-5-6-8-18(13)16(21)17-12-9-14(19-2)11-15(10-12)20-3/h9-11,13H,4-8H2,1-3H3,(H,17,21). The number of benzene rings is 1. The molecule has 1 unspecified atom stereocenters. The summed E-state index contributed by atoms with van der Waals surface area (Å²) in [6.45, 7) is 3.26. The number of thiocarbonyl (C=S) groups is 1. The molecule has 0 amide bonds. The highest BCUT2D eigenvalue weighted by Crippen LogP contribution is 2.27. The number of anilines is 1. The highest BCUT2D eigenvalue weighted by molar-refractivity contribution is 7.80. The van der Waals surface area contributed by atoms with E-state index in [1.165, 1.54) is 19.3 Å². The van der Waals surface area contributed by atoms with E-state index >= 15 is 0 Å². The Kier molecular flexibility index (Phi) is 5.67. The molecule has 5 heteroatoms. The number of hydrogen-bond acceptors (Lipinski definition) is 3. The minimum absolute atomic E-state index is 0.547. The first kappa shape index (κ1) is 15.9. The van der Waals surface area contributed by atoms with E-state index in [2.05, 4.69) is 17.1 Å². The summed E-state index contributed by atoms with van der Waals surface area (Å²) in [7, 11) is 3.29. The highest BCUT2D eigenvalue weighted by atomic mass is 32.1. The maximum absolute atomic E-state index is 5.59. The van der Waals surface area contributed by atoms with Gasteiger partial charge in [0.2, 0.25) is 0 Å². The quantitative estimate of drug-likeness (QED) is 0.858. The van der Waals surface area contributed by atoms with Crippen LogP contribution >= 0.6 is 12.2 Å². The fourth-order valence-corrected chi connectivity index (χ4v) is 3.13. The molecule has 0 aliphatic carbocycles. The number of piperidine rings is 1. The first-order valence-corrected chi connectivity index (χ1v) is 7.89. The Morgan fingerprint density at radius 1 is 1.24 bits per heavy atom. The Hall–Kier alpha value is -1.49. The van der Waals surface area contributed by atoms with Gasteiger partial charge in [-0.05, 0) is 37.9 Å². The summed E-state index contributed by atoms with van der Waals surface area (Å²) in [6.07, 6.45) is 4.85. The van der Waals surface area contributed by atoms with Crippen molar-refractivity contribution in [3.05, 3.63) is 18.2 Å². The van der Waals surface area contributed by atoms with Gasteiger partial charge in [0.05, 0.1) is 14.2 Å². The Balaban J connectivity index is 2.11. The highest BCUT2D eigenvalue weighted by Gasteiger charge is 2.23. The molecule has 0 bridgehead atoms. The largest absolute Gasteiger partial charge is 0.497 e. The van der Waals surface area contributed by atoms with Gasteiger partial charge in [-0.1, -0.05) is 6.92 Å². The first-order chi connectivity index (χ1) is 10.2. The lowest BCUT2D eigenvalue weighted by Crippen LogP contribution is -2.45. The van der Waals surface area contributed by atoms with E-state index in [1.54, 1.807) is 14.2 Å². The first-order valence-electron chi connectivity index (χ1n) is 7.48. The Morgan fingerprint density at radius 3 is 2.48 bits per heavy atom. The number of ether oxygens (including phenoxy) is 2. The monoisotopic (exact) mass is 308 g/mol. The molecule has 4 nitrogen and oxygen atoms in total. The van der Waals surface area contributed by atoms with Crippen LogP contribution in [0.2, 0.25) is 0 Å². The Bertz CT molecular complexity index is 471. The lowest BCUT2D eigenvalue weighted by atomic mass is 10.0. The average molecular weight is 308 g/mol. The molecule has 1 aliphatic rings. The van der Waals surface area contributed by atoms with E-state index in [-0.39, 0.29) is 0 Å². The summed E-state index contributed by atoms with van der Waals surface area (Å²) in [6, 6.07) is 6.26. The van der Waals surface area contributed by atoms with Crippen molar-refractivity contribution in [1.82, 2.24) is 4.90 Å². The van der Waals surface area contributed by atoms with E-state index in [0.29, 0.717) is 6.04 Å². The fraction of sp³-hybridized carbons (Fsp3) is 0.562. The van der Waals surface area contributed by atoms with Crippen LogP contribution in [0.15, 0.2) is 18.2 Å². The average Bonchev–Trinajstić information content (AvgIpc) is 2.54. The summed E-state index contributed by atoms with van der Waals surface area (Å²) < 4.78 is 10.6. The zero-order valence-electron chi connectivity index (χ0n) is 13.0. The van der Waals surface area contributed by atoms with Crippen molar-refractivity contribution < 1.29 is 9.47 Å². The molecule has 0 saturated carbocycles. The smallest absolute Gasteiger partial charge is 0.173 e. The van der Waals surface area contributed by atoms with Crippen LogP contribution in [-0.2, 0) is 0 Å². The molecule has 1 heterocycles. The number of nitrogens with zero attached hydrogens (tertiary/aromatic N) is 1. The molecule has 0 spiro atoms. The molecule has 116 valence electrons. The molecular formula is C16H24N2O2S. The Labute approximate surface area is 132 Å². The van der Waals surface area contributed by atoms with Crippen LogP contribution in [0.5, 0.6) is 11.5 Å². The van der Waals surface area contributed by atoms with Crippen LogP contribution in [0.4, 0.5) is 5.69 Å². The van der Waals surface area contributed by atoms with E-state index in [0.717, 1.165) is 35.3 Å². The lowest BCUT2D eigenvalue weighted by molar-refractivity contribution is 0.239. The molecule has 1 aromatic carbocycles. The Morgan fingerprint density at radius 2 is 1.90 bits per heavy atom. The lowest BCUT2D eigenvalue weighted by Gasteiger charge is -2.37. The summed E-state index contributed by atoms with van der Waals surface area (Å²) in [5.74, 6) is 1.51. The third-order valence-electron chi connectivity index (χ3n) is 3.96. The van der Waals surface area contributed by atoms with E-state index in [1.807, 2.05) is 18.2 Å². The molecule has 1 aromatic rings. The molecule has 1 N–H and O–H groups in total. The molecular weight excluding hydrogens is 284 g/mol. The van der Waals surface area contributed by atoms with Gasteiger partial charge in [0.1, 0.15) is 11.5 Å². The zero-order chi connectivity index (χ0) is 15.2. The molecule has 1 atom stereocenters. The summed E-state index contributed by atoms with van der Waals surface area (Å²) >= 11 is 5.59. The second-order valence-electron chi connectivity index (χ2n) is 5.28. The molecule has 21 heavy (non-hydrogen) atoms. The minimum atomic E-state index is 0.547. The van der Waals surface area contributed by atoms with Crippen molar-refractivity contribution in [3.8, 4) is 11.5 Å². The van der Waals surface area contributed by atoms with Gasteiger partial charge in [-0.15, -0.1) is 0 Å². The third-order valence-corrected chi connectivity index (χ3v) is 4.30. The molecule has 0 radical (unpaired) electrons. The maximum atomic E-state index is 5.59. The third kappa shape index (κ3) is 4.00. The fourth-order valence-electron chi connectivity index (χ4n) is 2.77.